The minimum atomic E-state index is -0.0881. The molecular formula is C57H42N2. The highest BCUT2D eigenvalue weighted by Gasteiger charge is 2.57. The molecule has 10 aromatic carbocycles. The van der Waals surface area contributed by atoms with Crippen molar-refractivity contribution < 1.29 is 0 Å². The number of nitriles is 1. The molecule has 2 heteroatoms. The third-order valence-electron chi connectivity index (χ3n) is 14.6. The predicted molar refractivity (Wildman–Crippen MR) is 249 cm³/mol. The van der Waals surface area contributed by atoms with Crippen LogP contribution in [0.3, 0.4) is 0 Å². The summed E-state index contributed by atoms with van der Waals surface area (Å²) in [7, 11) is 0. The maximum atomic E-state index is 9.62. The van der Waals surface area contributed by atoms with Gasteiger partial charge in [-0.05, 0) is 155 Å². The van der Waals surface area contributed by atoms with Crippen molar-refractivity contribution in [1.29, 1.82) is 5.26 Å². The molecule has 0 N–H and O–H groups in total. The Balaban J connectivity index is 1.16. The second kappa shape index (κ2) is 12.5. The minimum absolute atomic E-state index is 0.0416. The third-order valence-corrected chi connectivity index (χ3v) is 14.6. The summed E-state index contributed by atoms with van der Waals surface area (Å²) in [5.41, 5.74) is 12.0. The van der Waals surface area contributed by atoms with Crippen LogP contribution in [-0.2, 0) is 5.41 Å². The smallest absolute Gasteiger partial charge is 0.0991 e. The molecule has 0 radical (unpaired) electrons. The lowest BCUT2D eigenvalue weighted by Gasteiger charge is -2.50. The van der Waals surface area contributed by atoms with Crippen LogP contribution in [0.15, 0.2) is 170 Å². The summed E-state index contributed by atoms with van der Waals surface area (Å²) in [6.07, 6.45) is 4.70. The van der Waals surface area contributed by atoms with Crippen LogP contribution >= 0.6 is 0 Å². The largest absolute Gasteiger partial charge is 0.334 e. The lowest BCUT2D eigenvalue weighted by molar-refractivity contribution is 0.195. The number of hydrogen-bond acceptors (Lipinski definition) is 2. The monoisotopic (exact) mass is 754 g/mol. The van der Waals surface area contributed by atoms with Gasteiger partial charge in [0.15, 0.2) is 0 Å². The van der Waals surface area contributed by atoms with Crippen molar-refractivity contribution in [2.75, 3.05) is 4.90 Å². The zero-order valence-corrected chi connectivity index (χ0v) is 33.4. The highest BCUT2D eigenvalue weighted by Crippen LogP contribution is 2.61. The number of rotatable bonds is 4. The van der Waals surface area contributed by atoms with E-state index in [1.165, 1.54) is 111 Å². The zero-order chi connectivity index (χ0) is 39.5. The number of anilines is 2. The van der Waals surface area contributed by atoms with Gasteiger partial charge in [0.05, 0.1) is 17.2 Å². The highest BCUT2D eigenvalue weighted by molar-refractivity contribution is 6.31. The average molecular weight is 755 g/mol. The lowest BCUT2D eigenvalue weighted by atomic mass is 9.61. The van der Waals surface area contributed by atoms with Gasteiger partial charge in [-0.3, -0.25) is 0 Å². The van der Waals surface area contributed by atoms with Crippen LogP contribution in [0.25, 0.3) is 87.2 Å². The molecule has 0 amide bonds. The van der Waals surface area contributed by atoms with Crippen molar-refractivity contribution in [2.45, 2.75) is 50.5 Å². The van der Waals surface area contributed by atoms with Crippen LogP contribution in [0.1, 0.15) is 50.7 Å². The summed E-state index contributed by atoms with van der Waals surface area (Å²) < 4.78 is 0. The SMILES string of the molecule is CC12CCCCC1(C)N(c1ccc(C#N)cc1)c1ccc(-c3cc(-c4cccc5ccccc45)c4ccc5ccc(-c6cccc7ccccc67)c6ccc3c4c56)cc12. The molecule has 0 aromatic heterocycles. The molecule has 10 aromatic rings. The summed E-state index contributed by atoms with van der Waals surface area (Å²) in [4.78, 5) is 2.60. The van der Waals surface area contributed by atoms with Gasteiger partial charge in [0.2, 0.25) is 0 Å². The van der Waals surface area contributed by atoms with Crippen molar-refractivity contribution in [1.82, 2.24) is 0 Å². The molecule has 2 atom stereocenters. The van der Waals surface area contributed by atoms with Crippen molar-refractivity contribution in [2.24, 2.45) is 0 Å². The van der Waals surface area contributed by atoms with Gasteiger partial charge in [0.25, 0.3) is 0 Å². The molecule has 0 spiro atoms. The first kappa shape index (κ1) is 34.1. The Morgan fingerprint density at radius 1 is 0.475 bits per heavy atom. The van der Waals surface area contributed by atoms with E-state index in [0.29, 0.717) is 5.56 Å². The Morgan fingerprint density at radius 3 is 1.80 bits per heavy atom. The number of fused-ring (bicyclic) bond motifs is 5. The van der Waals surface area contributed by atoms with Crippen molar-refractivity contribution in [3.05, 3.63) is 181 Å². The van der Waals surface area contributed by atoms with E-state index < -0.39 is 0 Å². The molecule has 59 heavy (non-hydrogen) atoms. The van der Waals surface area contributed by atoms with Gasteiger partial charge < -0.3 is 4.90 Å². The standard InChI is InChI=1S/C57H42N2/c1-56-31-7-8-32-57(56,2)59(41-24-19-36(35-58)20-25-41)53-30-23-40(33-52(53)56)50-34-51(45-18-10-14-38-12-4-6-16-43(38)45)49-27-22-39-21-26-46(47-28-29-48(50)55(49)54(39)47)44-17-9-13-37-11-3-5-15-42(37)44/h3-6,9-30,33-34H,7-8,31-32H2,1-2H3. The quantitative estimate of drug-likeness (QED) is 0.167. The Bertz CT molecular complexity index is 3380. The second-order valence-corrected chi connectivity index (χ2v) is 17.4. The maximum Gasteiger partial charge on any atom is 0.0991 e. The molecule has 1 aliphatic carbocycles. The maximum absolute atomic E-state index is 9.62. The van der Waals surface area contributed by atoms with Crippen LogP contribution in [0.4, 0.5) is 11.4 Å². The zero-order valence-electron chi connectivity index (χ0n) is 33.4. The molecule has 2 unspecified atom stereocenters. The van der Waals surface area contributed by atoms with Gasteiger partial charge >= 0.3 is 0 Å². The van der Waals surface area contributed by atoms with Crippen LogP contribution in [0.5, 0.6) is 0 Å². The number of benzene rings is 10. The molecule has 1 heterocycles. The molecule has 1 aliphatic heterocycles. The molecule has 0 bridgehead atoms. The van der Waals surface area contributed by atoms with Crippen LogP contribution in [0, 0.1) is 11.3 Å². The molecule has 2 nitrogen and oxygen atoms in total. The summed E-state index contributed by atoms with van der Waals surface area (Å²) in [6.45, 7) is 4.99. The number of nitrogens with zero attached hydrogens (tertiary/aromatic N) is 2. The van der Waals surface area contributed by atoms with Gasteiger partial charge in [-0.15, -0.1) is 0 Å². The van der Waals surface area contributed by atoms with Crippen molar-refractivity contribution >= 4 is 65.2 Å². The lowest BCUT2D eigenvalue weighted by Crippen LogP contribution is -2.54. The van der Waals surface area contributed by atoms with E-state index >= 15 is 0 Å². The molecule has 2 aliphatic rings. The van der Waals surface area contributed by atoms with Gasteiger partial charge in [-0.1, -0.05) is 147 Å². The van der Waals surface area contributed by atoms with E-state index in [4.69, 9.17) is 0 Å². The van der Waals surface area contributed by atoms with E-state index in [0.717, 1.165) is 18.5 Å². The molecule has 280 valence electrons. The summed E-state index contributed by atoms with van der Waals surface area (Å²) in [5.74, 6) is 0. The fourth-order valence-corrected chi connectivity index (χ4v) is 11.5. The fourth-order valence-electron chi connectivity index (χ4n) is 11.5. The van der Waals surface area contributed by atoms with E-state index in [2.05, 4.69) is 183 Å². The first-order valence-electron chi connectivity index (χ1n) is 21.1. The highest BCUT2D eigenvalue weighted by atomic mass is 15.3. The van der Waals surface area contributed by atoms with Crippen LogP contribution in [0.2, 0.25) is 0 Å². The van der Waals surface area contributed by atoms with Gasteiger partial charge in [0, 0.05) is 16.8 Å². The van der Waals surface area contributed by atoms with E-state index in [9.17, 15) is 5.26 Å². The van der Waals surface area contributed by atoms with Gasteiger partial charge in [-0.25, -0.2) is 0 Å². The first-order chi connectivity index (χ1) is 28.9. The van der Waals surface area contributed by atoms with E-state index in [1.807, 2.05) is 12.1 Å². The normalized spacial score (nSPS) is 18.8. The van der Waals surface area contributed by atoms with Crippen molar-refractivity contribution in [3.8, 4) is 39.4 Å². The third kappa shape index (κ3) is 4.74. The number of hydrogen-bond donors (Lipinski definition) is 0. The Morgan fingerprint density at radius 2 is 1.07 bits per heavy atom. The van der Waals surface area contributed by atoms with Gasteiger partial charge in [-0.2, -0.15) is 5.26 Å². The van der Waals surface area contributed by atoms with Gasteiger partial charge in [0.1, 0.15) is 0 Å². The topological polar surface area (TPSA) is 27.0 Å². The Hall–Kier alpha value is -6.95. The Labute approximate surface area is 344 Å². The average Bonchev–Trinajstić information content (AvgIpc) is 3.50. The predicted octanol–water partition coefficient (Wildman–Crippen LogP) is 15.5. The summed E-state index contributed by atoms with van der Waals surface area (Å²) in [5, 5.41) is 22.5. The van der Waals surface area contributed by atoms with Crippen LogP contribution in [-0.4, -0.2) is 5.54 Å². The fraction of sp³-hybridized carbons (Fsp3) is 0.140. The van der Waals surface area contributed by atoms with E-state index in [-0.39, 0.29) is 11.0 Å². The molecule has 1 saturated carbocycles. The van der Waals surface area contributed by atoms with Crippen LogP contribution < -0.4 is 4.90 Å². The Kier molecular flexibility index (Phi) is 7.24. The first-order valence-corrected chi connectivity index (χ1v) is 21.1. The molecule has 1 fully saturated rings. The molecule has 12 rings (SSSR count). The summed E-state index contributed by atoms with van der Waals surface area (Å²) >= 11 is 0. The second-order valence-electron chi connectivity index (χ2n) is 17.4. The van der Waals surface area contributed by atoms with Crippen molar-refractivity contribution in [3.63, 3.8) is 0 Å². The minimum Gasteiger partial charge on any atom is -0.334 e. The molecule has 0 saturated heterocycles. The van der Waals surface area contributed by atoms with E-state index in [1.54, 1.807) is 0 Å². The summed E-state index contributed by atoms with van der Waals surface area (Å²) in [6, 6.07) is 65.5. The molecular weight excluding hydrogens is 713 g/mol.